The van der Waals surface area contributed by atoms with Crippen LogP contribution in [0.3, 0.4) is 0 Å². The number of rotatable bonds is 3. The summed E-state index contributed by atoms with van der Waals surface area (Å²) in [6, 6.07) is 18.8. The molecule has 0 unspecified atom stereocenters. The number of amides is 1. The van der Waals surface area contributed by atoms with E-state index in [2.05, 4.69) is 26.6 Å². The van der Waals surface area contributed by atoms with Gasteiger partial charge in [-0.05, 0) is 87.1 Å². The Hall–Kier alpha value is -2.61. The van der Waals surface area contributed by atoms with E-state index < -0.39 is 17.7 Å². The standard InChI is InChI=1S/C26H23BrClN3O2S/c1-14-4-10-20(15(2)12-14)29-24(32)22-23-19-13-17(28)7-11-21(19)33-26(22,3)31(25(34)30-23)18-8-5-16(27)6-9-18/h4-13,22-23H,1-3H3,(H,29,32)(H,30,34)/t22-,23+,26+/m1/s1. The quantitative estimate of drug-likeness (QED) is 0.360. The van der Waals surface area contributed by atoms with Crippen molar-refractivity contribution in [1.29, 1.82) is 0 Å². The number of benzene rings is 3. The fraction of sp³-hybridized carbons (Fsp3) is 0.231. The number of halogens is 2. The van der Waals surface area contributed by atoms with Crippen LogP contribution in [-0.2, 0) is 4.79 Å². The summed E-state index contributed by atoms with van der Waals surface area (Å²) in [6.45, 7) is 5.93. The zero-order valence-electron chi connectivity index (χ0n) is 18.9. The molecule has 0 spiro atoms. The maximum atomic E-state index is 13.9. The van der Waals surface area contributed by atoms with Crippen molar-refractivity contribution in [3.8, 4) is 5.75 Å². The van der Waals surface area contributed by atoms with E-state index in [1.54, 1.807) is 6.07 Å². The minimum Gasteiger partial charge on any atom is -0.467 e. The lowest BCUT2D eigenvalue weighted by Gasteiger charge is -2.56. The summed E-state index contributed by atoms with van der Waals surface area (Å²) in [7, 11) is 0. The monoisotopic (exact) mass is 555 g/mol. The third kappa shape index (κ3) is 3.85. The maximum Gasteiger partial charge on any atom is 0.236 e. The van der Waals surface area contributed by atoms with Crippen LogP contribution in [0.15, 0.2) is 65.1 Å². The molecule has 0 aromatic heterocycles. The van der Waals surface area contributed by atoms with Gasteiger partial charge in [-0.1, -0.05) is 45.2 Å². The lowest BCUT2D eigenvalue weighted by Crippen LogP contribution is -2.72. The van der Waals surface area contributed by atoms with E-state index >= 15 is 0 Å². The van der Waals surface area contributed by atoms with Crippen molar-refractivity contribution in [1.82, 2.24) is 5.32 Å². The molecule has 0 radical (unpaired) electrons. The molecule has 34 heavy (non-hydrogen) atoms. The first kappa shape index (κ1) is 23.1. The number of thiocarbonyl (C=S) groups is 1. The molecule has 2 N–H and O–H groups in total. The van der Waals surface area contributed by atoms with Crippen molar-refractivity contribution in [2.45, 2.75) is 32.5 Å². The van der Waals surface area contributed by atoms with Gasteiger partial charge in [0.15, 0.2) is 10.8 Å². The van der Waals surface area contributed by atoms with Crippen molar-refractivity contribution in [2.24, 2.45) is 5.92 Å². The Kier molecular flexibility index (Phi) is 5.82. The number of nitrogens with zero attached hydrogens (tertiary/aromatic N) is 1. The second kappa shape index (κ2) is 8.56. The van der Waals surface area contributed by atoms with Gasteiger partial charge in [-0.3, -0.25) is 9.69 Å². The molecule has 1 amide bonds. The molecule has 1 fully saturated rings. The molecule has 8 heteroatoms. The lowest BCUT2D eigenvalue weighted by molar-refractivity contribution is -0.130. The Labute approximate surface area is 217 Å². The number of fused-ring (bicyclic) bond motifs is 4. The van der Waals surface area contributed by atoms with Crippen molar-refractivity contribution in [3.05, 3.63) is 86.8 Å². The molecule has 5 nitrogen and oxygen atoms in total. The summed E-state index contributed by atoms with van der Waals surface area (Å²) < 4.78 is 7.55. The van der Waals surface area contributed by atoms with E-state index in [0.717, 1.165) is 32.5 Å². The molecule has 0 saturated carbocycles. The second-order valence-corrected chi connectivity index (χ2v) is 10.6. The molecule has 0 aliphatic carbocycles. The summed E-state index contributed by atoms with van der Waals surface area (Å²) in [4.78, 5) is 15.8. The molecule has 2 aliphatic rings. The number of carbonyl (C=O) groups is 1. The number of nitrogens with one attached hydrogen (secondary N) is 2. The highest BCUT2D eigenvalue weighted by Gasteiger charge is 2.59. The Morgan fingerprint density at radius 3 is 2.59 bits per heavy atom. The van der Waals surface area contributed by atoms with Gasteiger partial charge in [-0.2, -0.15) is 0 Å². The van der Waals surface area contributed by atoms with E-state index in [9.17, 15) is 4.79 Å². The molecule has 5 rings (SSSR count). The van der Waals surface area contributed by atoms with Crippen molar-refractivity contribution < 1.29 is 9.53 Å². The molecule has 1 saturated heterocycles. The predicted molar refractivity (Wildman–Crippen MR) is 144 cm³/mol. The van der Waals surface area contributed by atoms with Gasteiger partial charge in [0.2, 0.25) is 5.91 Å². The normalized spacial score (nSPS) is 23.0. The number of carbonyl (C=O) groups excluding carboxylic acids is 1. The molecule has 2 bridgehead atoms. The first-order valence-electron chi connectivity index (χ1n) is 10.9. The minimum absolute atomic E-state index is 0.165. The SMILES string of the molecule is Cc1ccc(NC(=O)[C@H]2[C@H]3NC(=S)N(c4ccc(Br)cc4)[C@@]2(C)Oc2ccc(Cl)cc23)c(C)c1. The Morgan fingerprint density at radius 1 is 1.15 bits per heavy atom. The molecule has 2 heterocycles. The van der Waals surface area contributed by atoms with Crippen LogP contribution in [0.1, 0.15) is 29.7 Å². The molecule has 3 aromatic rings. The number of hydrogen-bond acceptors (Lipinski definition) is 3. The number of aryl methyl sites for hydroxylation is 2. The summed E-state index contributed by atoms with van der Waals surface area (Å²) in [5.41, 5.74) is 3.46. The molecular weight excluding hydrogens is 534 g/mol. The van der Waals surface area contributed by atoms with Crippen LogP contribution in [-0.4, -0.2) is 16.7 Å². The number of hydrogen-bond donors (Lipinski definition) is 2. The molecular formula is C26H23BrClN3O2S. The smallest absolute Gasteiger partial charge is 0.236 e. The average Bonchev–Trinajstić information content (AvgIpc) is 2.77. The molecule has 3 atom stereocenters. The van der Waals surface area contributed by atoms with E-state index in [1.807, 2.05) is 80.3 Å². The van der Waals surface area contributed by atoms with Gasteiger partial charge in [-0.25, -0.2) is 0 Å². The van der Waals surface area contributed by atoms with E-state index in [4.69, 9.17) is 28.6 Å². The van der Waals surface area contributed by atoms with Crippen LogP contribution < -0.4 is 20.3 Å². The highest BCUT2D eigenvalue weighted by molar-refractivity contribution is 9.10. The zero-order valence-corrected chi connectivity index (χ0v) is 22.0. The van der Waals surface area contributed by atoms with Gasteiger partial charge in [0.25, 0.3) is 0 Å². The Morgan fingerprint density at radius 2 is 1.88 bits per heavy atom. The summed E-state index contributed by atoms with van der Waals surface area (Å²) in [6.07, 6.45) is 0. The van der Waals surface area contributed by atoms with Crippen LogP contribution in [0.25, 0.3) is 0 Å². The Balaban J connectivity index is 1.63. The van der Waals surface area contributed by atoms with Gasteiger partial charge >= 0.3 is 0 Å². The summed E-state index contributed by atoms with van der Waals surface area (Å²) in [5.74, 6) is -0.124. The number of ether oxygens (including phenoxy) is 1. The van der Waals surface area contributed by atoms with Gasteiger partial charge < -0.3 is 15.4 Å². The van der Waals surface area contributed by atoms with Crippen LogP contribution in [0.2, 0.25) is 5.02 Å². The number of anilines is 2. The van der Waals surface area contributed by atoms with Gasteiger partial charge in [-0.15, -0.1) is 0 Å². The highest BCUT2D eigenvalue weighted by Crippen LogP contribution is 2.50. The van der Waals surface area contributed by atoms with E-state index in [0.29, 0.717) is 15.9 Å². The second-order valence-electron chi connectivity index (χ2n) is 8.86. The fourth-order valence-corrected chi connectivity index (χ4v) is 5.76. The Bertz CT molecular complexity index is 1320. The van der Waals surface area contributed by atoms with Crippen molar-refractivity contribution in [3.63, 3.8) is 0 Å². The third-order valence-electron chi connectivity index (χ3n) is 6.47. The third-order valence-corrected chi connectivity index (χ3v) is 7.53. The van der Waals surface area contributed by atoms with Gasteiger partial charge in [0.1, 0.15) is 11.7 Å². The van der Waals surface area contributed by atoms with E-state index in [1.165, 1.54) is 0 Å². The van der Waals surface area contributed by atoms with Crippen molar-refractivity contribution in [2.75, 3.05) is 10.2 Å². The minimum atomic E-state index is -1.08. The highest BCUT2D eigenvalue weighted by atomic mass is 79.9. The molecule has 3 aromatic carbocycles. The van der Waals surface area contributed by atoms with Gasteiger partial charge in [0.05, 0.1) is 6.04 Å². The first-order valence-corrected chi connectivity index (χ1v) is 12.5. The first-order chi connectivity index (χ1) is 16.2. The summed E-state index contributed by atoms with van der Waals surface area (Å²) in [5, 5.41) is 7.59. The van der Waals surface area contributed by atoms with E-state index in [-0.39, 0.29) is 5.91 Å². The predicted octanol–water partition coefficient (Wildman–Crippen LogP) is 6.52. The average molecular weight is 557 g/mol. The van der Waals surface area contributed by atoms with Crippen LogP contribution in [0.4, 0.5) is 11.4 Å². The van der Waals surface area contributed by atoms with Gasteiger partial charge in [0, 0.05) is 26.4 Å². The fourth-order valence-electron chi connectivity index (χ4n) is 4.90. The summed E-state index contributed by atoms with van der Waals surface area (Å²) >= 11 is 15.6. The van der Waals surface area contributed by atoms with Crippen LogP contribution in [0.5, 0.6) is 5.75 Å². The van der Waals surface area contributed by atoms with Crippen LogP contribution in [0, 0.1) is 19.8 Å². The zero-order chi connectivity index (χ0) is 24.2. The maximum absolute atomic E-state index is 13.9. The topological polar surface area (TPSA) is 53.6 Å². The van der Waals surface area contributed by atoms with Crippen molar-refractivity contribution >= 4 is 62.1 Å². The molecule has 174 valence electrons. The lowest BCUT2D eigenvalue weighted by atomic mass is 9.78. The molecule has 2 aliphatic heterocycles. The van der Waals surface area contributed by atoms with Crippen LogP contribution >= 0.6 is 39.7 Å². The largest absolute Gasteiger partial charge is 0.467 e.